The highest BCUT2D eigenvalue weighted by atomic mass is 35.5. The van der Waals surface area contributed by atoms with Gasteiger partial charge >= 0.3 is 0 Å². The van der Waals surface area contributed by atoms with Crippen LogP contribution in [0.5, 0.6) is 0 Å². The molecule has 0 bridgehead atoms. The lowest BCUT2D eigenvalue weighted by Gasteiger charge is -2.07. The van der Waals surface area contributed by atoms with Crippen molar-refractivity contribution in [2.45, 2.75) is 4.90 Å². The molecular formula is C9H9ClN4O2S. The summed E-state index contributed by atoms with van der Waals surface area (Å²) in [5, 5.41) is 0.0593. The largest absolute Gasteiger partial charge is 0.399 e. The molecule has 1 aromatic heterocycles. The number of nitrogens with one attached hydrogen (secondary N) is 2. The number of benzene rings is 1. The van der Waals surface area contributed by atoms with E-state index >= 15 is 0 Å². The summed E-state index contributed by atoms with van der Waals surface area (Å²) in [5.74, 6) is 0.123. The predicted octanol–water partition coefficient (Wildman–Crippen LogP) is 1.45. The summed E-state index contributed by atoms with van der Waals surface area (Å²) in [6.45, 7) is 0. The van der Waals surface area contributed by atoms with E-state index in [2.05, 4.69) is 14.7 Å². The lowest BCUT2D eigenvalue weighted by atomic mass is 10.3. The van der Waals surface area contributed by atoms with Crippen LogP contribution in [-0.2, 0) is 10.0 Å². The van der Waals surface area contributed by atoms with E-state index in [1.54, 1.807) is 0 Å². The molecule has 0 aliphatic carbocycles. The monoisotopic (exact) mass is 272 g/mol. The average Bonchev–Trinajstić information content (AvgIpc) is 2.68. The van der Waals surface area contributed by atoms with E-state index in [1.165, 1.54) is 30.6 Å². The van der Waals surface area contributed by atoms with E-state index in [9.17, 15) is 8.42 Å². The van der Waals surface area contributed by atoms with Crippen molar-refractivity contribution in [2.75, 3.05) is 10.5 Å². The number of nitrogen functional groups attached to an aromatic ring is 1. The van der Waals surface area contributed by atoms with Crippen LogP contribution in [0.3, 0.4) is 0 Å². The Hall–Kier alpha value is -1.73. The zero-order chi connectivity index (χ0) is 12.5. The molecule has 0 saturated carbocycles. The zero-order valence-corrected chi connectivity index (χ0v) is 10.1. The molecule has 0 aliphatic heterocycles. The highest BCUT2D eigenvalue weighted by Gasteiger charge is 2.18. The fourth-order valence-corrected chi connectivity index (χ4v) is 2.77. The molecule has 0 unspecified atom stereocenters. The van der Waals surface area contributed by atoms with Crippen LogP contribution in [0.4, 0.5) is 11.6 Å². The van der Waals surface area contributed by atoms with Gasteiger partial charge in [-0.2, -0.15) is 0 Å². The molecule has 2 rings (SSSR count). The summed E-state index contributed by atoms with van der Waals surface area (Å²) < 4.78 is 26.1. The number of rotatable bonds is 3. The van der Waals surface area contributed by atoms with Crippen LogP contribution >= 0.6 is 11.6 Å². The maximum Gasteiger partial charge on any atom is 0.265 e. The minimum atomic E-state index is -3.76. The Morgan fingerprint density at radius 2 is 2.18 bits per heavy atom. The quantitative estimate of drug-likeness (QED) is 0.736. The Bertz CT molecular complexity index is 624. The van der Waals surface area contributed by atoms with Gasteiger partial charge < -0.3 is 10.7 Å². The van der Waals surface area contributed by atoms with E-state index in [1.807, 2.05) is 0 Å². The summed E-state index contributed by atoms with van der Waals surface area (Å²) in [4.78, 5) is 6.33. The fourth-order valence-electron chi connectivity index (χ4n) is 1.24. The lowest BCUT2D eigenvalue weighted by molar-refractivity contribution is 0.601. The molecule has 1 heterocycles. The number of H-pyrrole nitrogens is 1. The van der Waals surface area contributed by atoms with Crippen molar-refractivity contribution >= 4 is 33.3 Å². The molecule has 0 saturated heterocycles. The van der Waals surface area contributed by atoms with Crippen LogP contribution in [0.15, 0.2) is 35.5 Å². The van der Waals surface area contributed by atoms with Gasteiger partial charge in [0.1, 0.15) is 4.90 Å². The molecule has 0 spiro atoms. The maximum atomic E-state index is 11.9. The zero-order valence-electron chi connectivity index (χ0n) is 8.51. The number of nitrogens with two attached hydrogens (primary N) is 1. The number of aromatic nitrogens is 2. The van der Waals surface area contributed by atoms with Gasteiger partial charge in [0, 0.05) is 18.1 Å². The smallest absolute Gasteiger partial charge is 0.265 e. The van der Waals surface area contributed by atoms with Gasteiger partial charge in [0.05, 0.1) is 5.02 Å². The predicted molar refractivity (Wildman–Crippen MR) is 65.3 cm³/mol. The van der Waals surface area contributed by atoms with Crippen LogP contribution in [0.1, 0.15) is 0 Å². The number of hydrogen-bond acceptors (Lipinski definition) is 4. The molecule has 0 aliphatic rings. The van der Waals surface area contributed by atoms with Crippen LogP contribution in [0.25, 0.3) is 0 Å². The molecule has 90 valence electrons. The minimum Gasteiger partial charge on any atom is -0.399 e. The molecule has 0 fully saturated rings. The fraction of sp³-hybridized carbons (Fsp3) is 0. The molecule has 0 radical (unpaired) electrons. The van der Waals surface area contributed by atoms with Crippen molar-refractivity contribution in [3.63, 3.8) is 0 Å². The number of sulfonamides is 1. The van der Waals surface area contributed by atoms with Gasteiger partial charge in [0.25, 0.3) is 10.0 Å². The molecular weight excluding hydrogens is 264 g/mol. The number of imidazole rings is 1. The SMILES string of the molecule is Nc1ccc(S(=O)(=O)Nc2ncc[nH]2)c(Cl)c1. The molecule has 0 amide bonds. The van der Waals surface area contributed by atoms with Crippen molar-refractivity contribution in [1.82, 2.24) is 9.97 Å². The normalized spacial score (nSPS) is 11.4. The van der Waals surface area contributed by atoms with Crippen molar-refractivity contribution < 1.29 is 8.42 Å². The van der Waals surface area contributed by atoms with E-state index in [-0.39, 0.29) is 15.9 Å². The van der Waals surface area contributed by atoms with Crippen LogP contribution < -0.4 is 10.5 Å². The summed E-state index contributed by atoms with van der Waals surface area (Å²) >= 11 is 5.82. The Labute approximate surface area is 103 Å². The van der Waals surface area contributed by atoms with Crippen molar-refractivity contribution in [3.8, 4) is 0 Å². The number of hydrogen-bond donors (Lipinski definition) is 3. The topological polar surface area (TPSA) is 101 Å². The molecule has 17 heavy (non-hydrogen) atoms. The van der Waals surface area contributed by atoms with E-state index < -0.39 is 10.0 Å². The number of nitrogens with zero attached hydrogens (tertiary/aromatic N) is 1. The molecule has 4 N–H and O–H groups in total. The Morgan fingerprint density at radius 3 is 2.76 bits per heavy atom. The Balaban J connectivity index is 2.38. The van der Waals surface area contributed by atoms with Crippen LogP contribution in [0, 0.1) is 0 Å². The standard InChI is InChI=1S/C9H9ClN4O2S/c10-7-5-6(11)1-2-8(7)17(15,16)14-9-12-3-4-13-9/h1-5H,11H2,(H2,12,13,14). The first kappa shape index (κ1) is 11.7. The van der Waals surface area contributed by atoms with Gasteiger partial charge in [-0.05, 0) is 18.2 Å². The first-order valence-corrected chi connectivity index (χ1v) is 6.42. The van der Waals surface area contributed by atoms with Gasteiger partial charge in [0.15, 0.2) is 0 Å². The van der Waals surface area contributed by atoms with Crippen molar-refractivity contribution in [3.05, 3.63) is 35.6 Å². The van der Waals surface area contributed by atoms with Crippen LogP contribution in [0.2, 0.25) is 5.02 Å². The lowest BCUT2D eigenvalue weighted by Crippen LogP contribution is -2.14. The molecule has 8 heteroatoms. The van der Waals surface area contributed by atoms with Gasteiger partial charge in [0.2, 0.25) is 5.95 Å². The second-order valence-corrected chi connectivity index (χ2v) is 5.29. The van der Waals surface area contributed by atoms with E-state index in [0.717, 1.165) is 0 Å². The molecule has 6 nitrogen and oxygen atoms in total. The summed E-state index contributed by atoms with van der Waals surface area (Å²) in [6, 6.07) is 4.17. The summed E-state index contributed by atoms with van der Waals surface area (Å²) in [5.41, 5.74) is 5.88. The van der Waals surface area contributed by atoms with Gasteiger partial charge in [-0.25, -0.2) is 18.1 Å². The number of halogens is 1. The Kier molecular flexibility index (Phi) is 2.95. The number of anilines is 2. The second-order valence-electron chi connectivity index (χ2n) is 3.23. The van der Waals surface area contributed by atoms with Gasteiger partial charge in [-0.15, -0.1) is 0 Å². The Morgan fingerprint density at radius 1 is 1.41 bits per heavy atom. The van der Waals surface area contributed by atoms with E-state index in [4.69, 9.17) is 17.3 Å². The third-order valence-corrected chi connectivity index (χ3v) is 3.80. The highest BCUT2D eigenvalue weighted by molar-refractivity contribution is 7.92. The summed E-state index contributed by atoms with van der Waals surface area (Å²) in [6.07, 6.45) is 2.94. The minimum absolute atomic E-state index is 0.0511. The number of aromatic amines is 1. The summed E-state index contributed by atoms with van der Waals surface area (Å²) in [7, 11) is -3.76. The average molecular weight is 273 g/mol. The van der Waals surface area contributed by atoms with Gasteiger partial charge in [-0.3, -0.25) is 0 Å². The van der Waals surface area contributed by atoms with E-state index in [0.29, 0.717) is 5.69 Å². The second kappa shape index (κ2) is 4.27. The third kappa shape index (κ3) is 2.51. The maximum absolute atomic E-state index is 11.9. The highest BCUT2D eigenvalue weighted by Crippen LogP contribution is 2.24. The van der Waals surface area contributed by atoms with Gasteiger partial charge in [-0.1, -0.05) is 11.6 Å². The van der Waals surface area contributed by atoms with Crippen LogP contribution in [-0.4, -0.2) is 18.4 Å². The molecule has 1 aromatic carbocycles. The first-order chi connectivity index (χ1) is 7.99. The molecule has 2 aromatic rings. The van der Waals surface area contributed by atoms with Crippen molar-refractivity contribution in [1.29, 1.82) is 0 Å². The first-order valence-electron chi connectivity index (χ1n) is 4.56. The van der Waals surface area contributed by atoms with Crippen molar-refractivity contribution in [2.24, 2.45) is 0 Å². The third-order valence-electron chi connectivity index (χ3n) is 1.97. The molecule has 0 atom stereocenters.